The van der Waals surface area contributed by atoms with E-state index in [1.165, 1.54) is 0 Å². The average Bonchev–Trinajstić information content (AvgIpc) is 2.55. The van der Waals surface area contributed by atoms with E-state index in [4.69, 9.17) is 0 Å². The Balaban J connectivity index is 1.89. The summed E-state index contributed by atoms with van der Waals surface area (Å²) >= 11 is 0. The normalized spacial score (nSPS) is 36.7. The van der Waals surface area contributed by atoms with Crippen LogP contribution in [0.2, 0.25) is 0 Å². The van der Waals surface area contributed by atoms with Crippen molar-refractivity contribution in [1.82, 2.24) is 0 Å². The van der Waals surface area contributed by atoms with Crippen molar-refractivity contribution in [2.75, 3.05) is 0 Å². The summed E-state index contributed by atoms with van der Waals surface area (Å²) in [5.41, 5.74) is 0.933. The van der Waals surface area contributed by atoms with E-state index in [2.05, 4.69) is 20.8 Å². The molecule has 1 aromatic carbocycles. The van der Waals surface area contributed by atoms with E-state index < -0.39 is 17.6 Å². The first kappa shape index (κ1) is 16.7. The van der Waals surface area contributed by atoms with Gasteiger partial charge in [0.05, 0.1) is 12.2 Å². The molecule has 4 rings (SSSR count). The first-order valence-electron chi connectivity index (χ1n) is 9.02. The molecule has 0 saturated heterocycles. The van der Waals surface area contributed by atoms with Crippen LogP contribution in [0.4, 0.5) is 0 Å². The summed E-state index contributed by atoms with van der Waals surface area (Å²) in [5, 5.41) is 21.9. The molecule has 3 fully saturated rings. The third kappa shape index (κ3) is 2.56. The molecule has 3 aliphatic carbocycles. The fourth-order valence-electron chi connectivity index (χ4n) is 5.32. The van der Waals surface area contributed by atoms with Gasteiger partial charge in [0, 0.05) is 5.41 Å². The average molecular weight is 314 g/mol. The SMILES string of the molecule is CCC[C@@]1([C@H](O)/C=C/c2ccccc2)[C@H](O)C[C@@H]2C[C@H]1C2(C)C. The van der Waals surface area contributed by atoms with Crippen LogP contribution in [0.25, 0.3) is 6.08 Å². The molecule has 0 amide bonds. The lowest BCUT2D eigenvalue weighted by Gasteiger charge is -2.68. The van der Waals surface area contributed by atoms with Gasteiger partial charge in [0.2, 0.25) is 0 Å². The maximum absolute atomic E-state index is 11.1. The van der Waals surface area contributed by atoms with Crippen LogP contribution in [0, 0.1) is 22.7 Å². The Morgan fingerprint density at radius 2 is 1.91 bits per heavy atom. The first-order valence-corrected chi connectivity index (χ1v) is 9.02. The number of aliphatic hydroxyl groups excluding tert-OH is 2. The lowest BCUT2D eigenvalue weighted by Crippen LogP contribution is -2.67. The molecule has 5 atom stereocenters. The molecule has 2 nitrogen and oxygen atoms in total. The Bertz CT molecular complexity index is 562. The van der Waals surface area contributed by atoms with Gasteiger partial charge in [0.1, 0.15) is 0 Å². The molecule has 1 aromatic rings. The fourth-order valence-corrected chi connectivity index (χ4v) is 5.32. The van der Waals surface area contributed by atoms with Crippen molar-refractivity contribution in [2.24, 2.45) is 22.7 Å². The Kier molecular flexibility index (Phi) is 4.41. The van der Waals surface area contributed by atoms with Crippen LogP contribution in [0.3, 0.4) is 0 Å². The van der Waals surface area contributed by atoms with Crippen LogP contribution < -0.4 is 0 Å². The second-order valence-corrected chi connectivity index (χ2v) is 8.14. The van der Waals surface area contributed by atoms with E-state index in [0.29, 0.717) is 11.8 Å². The molecule has 126 valence electrons. The molecule has 0 spiro atoms. The Morgan fingerprint density at radius 3 is 2.52 bits per heavy atom. The van der Waals surface area contributed by atoms with Crippen LogP contribution in [0.5, 0.6) is 0 Å². The second kappa shape index (κ2) is 6.07. The highest BCUT2D eigenvalue weighted by atomic mass is 16.3. The maximum atomic E-state index is 11.1. The van der Waals surface area contributed by atoms with Gasteiger partial charge < -0.3 is 10.2 Å². The minimum atomic E-state index is -0.594. The summed E-state index contributed by atoms with van der Waals surface area (Å²) in [6.07, 6.45) is 6.77. The zero-order valence-electron chi connectivity index (χ0n) is 14.6. The highest BCUT2D eigenvalue weighted by Gasteiger charge is 2.66. The van der Waals surface area contributed by atoms with Crippen LogP contribution in [-0.4, -0.2) is 22.4 Å². The zero-order chi connectivity index (χ0) is 16.7. The molecular weight excluding hydrogens is 284 g/mol. The fraction of sp³-hybridized carbons (Fsp3) is 0.619. The summed E-state index contributed by atoms with van der Waals surface area (Å²) in [7, 11) is 0. The van der Waals surface area contributed by atoms with Crippen molar-refractivity contribution in [3.05, 3.63) is 42.0 Å². The minimum absolute atomic E-state index is 0.232. The third-order valence-corrected chi connectivity index (χ3v) is 6.75. The number of benzene rings is 1. The van der Waals surface area contributed by atoms with Crippen LogP contribution in [-0.2, 0) is 0 Å². The highest BCUT2D eigenvalue weighted by Crippen LogP contribution is 2.68. The van der Waals surface area contributed by atoms with Gasteiger partial charge in [-0.15, -0.1) is 0 Å². The second-order valence-electron chi connectivity index (χ2n) is 8.14. The Hall–Kier alpha value is -1.12. The van der Waals surface area contributed by atoms with E-state index in [-0.39, 0.29) is 5.41 Å². The van der Waals surface area contributed by atoms with Gasteiger partial charge in [-0.3, -0.25) is 0 Å². The van der Waals surface area contributed by atoms with Crippen molar-refractivity contribution in [3.63, 3.8) is 0 Å². The summed E-state index contributed by atoms with van der Waals surface area (Å²) in [5.74, 6) is 1.01. The number of hydrogen-bond donors (Lipinski definition) is 2. The molecule has 2 N–H and O–H groups in total. The predicted octanol–water partition coefficient (Wildman–Crippen LogP) is 4.27. The number of rotatable bonds is 5. The highest BCUT2D eigenvalue weighted by molar-refractivity contribution is 5.49. The van der Waals surface area contributed by atoms with E-state index in [1.54, 1.807) is 0 Å². The molecule has 0 aliphatic heterocycles. The molecule has 0 aromatic heterocycles. The van der Waals surface area contributed by atoms with Gasteiger partial charge in [-0.05, 0) is 42.1 Å². The molecule has 0 heterocycles. The quantitative estimate of drug-likeness (QED) is 0.852. The van der Waals surface area contributed by atoms with Crippen LogP contribution in [0.15, 0.2) is 36.4 Å². The molecule has 0 unspecified atom stereocenters. The topological polar surface area (TPSA) is 40.5 Å². The third-order valence-electron chi connectivity index (χ3n) is 6.75. The largest absolute Gasteiger partial charge is 0.392 e. The molecular formula is C21H30O2. The zero-order valence-corrected chi connectivity index (χ0v) is 14.6. The Labute approximate surface area is 140 Å². The van der Waals surface area contributed by atoms with E-state index in [1.807, 2.05) is 42.5 Å². The van der Waals surface area contributed by atoms with Gasteiger partial charge in [-0.2, -0.15) is 0 Å². The summed E-state index contributed by atoms with van der Waals surface area (Å²) in [4.78, 5) is 0. The van der Waals surface area contributed by atoms with E-state index in [0.717, 1.165) is 31.2 Å². The number of aliphatic hydroxyl groups is 2. The lowest BCUT2D eigenvalue weighted by molar-refractivity contribution is -0.244. The van der Waals surface area contributed by atoms with Crippen molar-refractivity contribution in [1.29, 1.82) is 0 Å². The predicted molar refractivity (Wildman–Crippen MR) is 94.8 cm³/mol. The van der Waals surface area contributed by atoms with Gasteiger partial charge >= 0.3 is 0 Å². The standard InChI is InChI=1S/C21H30O2/c1-4-12-21(17-13-16(14-19(21)23)20(17,2)3)18(22)11-10-15-8-6-5-7-9-15/h5-11,16-19,22-23H,4,12-14H2,1-3H3/b11-10+/t16-,17-,18+,19+,21+/m0/s1. The van der Waals surface area contributed by atoms with Gasteiger partial charge in [0.25, 0.3) is 0 Å². The van der Waals surface area contributed by atoms with Gasteiger partial charge in [-0.25, -0.2) is 0 Å². The van der Waals surface area contributed by atoms with Crippen molar-refractivity contribution in [3.8, 4) is 0 Å². The first-order chi connectivity index (χ1) is 10.9. The molecule has 3 saturated carbocycles. The summed E-state index contributed by atoms with van der Waals surface area (Å²) < 4.78 is 0. The van der Waals surface area contributed by atoms with E-state index in [9.17, 15) is 10.2 Å². The smallest absolute Gasteiger partial charge is 0.0807 e. The van der Waals surface area contributed by atoms with Crippen LogP contribution >= 0.6 is 0 Å². The summed E-state index contributed by atoms with van der Waals surface area (Å²) in [6, 6.07) is 10.1. The molecule has 3 aliphatic rings. The lowest BCUT2D eigenvalue weighted by atomic mass is 9.38. The van der Waals surface area contributed by atoms with Crippen molar-refractivity contribution >= 4 is 6.08 Å². The number of fused-ring (bicyclic) bond motifs is 2. The number of hydrogen-bond acceptors (Lipinski definition) is 2. The van der Waals surface area contributed by atoms with Gasteiger partial charge in [0.15, 0.2) is 0 Å². The maximum Gasteiger partial charge on any atom is 0.0807 e. The monoisotopic (exact) mass is 314 g/mol. The molecule has 0 radical (unpaired) electrons. The molecule has 2 bridgehead atoms. The molecule has 23 heavy (non-hydrogen) atoms. The van der Waals surface area contributed by atoms with Crippen molar-refractivity contribution < 1.29 is 10.2 Å². The van der Waals surface area contributed by atoms with Gasteiger partial charge in [-0.1, -0.05) is 69.7 Å². The van der Waals surface area contributed by atoms with Crippen molar-refractivity contribution in [2.45, 2.75) is 58.7 Å². The minimum Gasteiger partial charge on any atom is -0.392 e. The molecule has 2 heteroatoms. The summed E-state index contributed by atoms with van der Waals surface area (Å²) in [6.45, 7) is 6.78. The van der Waals surface area contributed by atoms with E-state index >= 15 is 0 Å². The Morgan fingerprint density at radius 1 is 1.22 bits per heavy atom. The van der Waals surface area contributed by atoms with Crippen LogP contribution in [0.1, 0.15) is 52.0 Å².